The number of ether oxygens (including phenoxy) is 1. The van der Waals surface area contributed by atoms with E-state index in [1.165, 1.54) is 19.2 Å². The first-order chi connectivity index (χ1) is 11.3. The minimum Gasteiger partial charge on any atom is -0.373 e. The molecule has 0 bridgehead atoms. The van der Waals surface area contributed by atoms with Gasteiger partial charge in [-0.15, -0.1) is 10.2 Å². The van der Waals surface area contributed by atoms with Crippen molar-refractivity contribution in [2.24, 2.45) is 5.92 Å². The standard InChI is InChI=1S/C14H19N7O2/c22-14(13-15-9-16-19-13)20-4-3-11-17-18-12(21(11)6-5-20)8-23-7-10-1-2-10/h9-10H,1-8H2,(H,15,16,19). The van der Waals surface area contributed by atoms with Crippen molar-refractivity contribution >= 4 is 5.91 Å². The molecule has 1 aliphatic carbocycles. The highest BCUT2D eigenvalue weighted by atomic mass is 16.5. The zero-order valence-corrected chi connectivity index (χ0v) is 12.8. The van der Waals surface area contributed by atoms with Crippen molar-refractivity contribution in [2.75, 3.05) is 19.7 Å². The third kappa shape index (κ3) is 3.09. The van der Waals surface area contributed by atoms with Crippen LogP contribution in [0.3, 0.4) is 0 Å². The van der Waals surface area contributed by atoms with Crippen LogP contribution in [0.25, 0.3) is 0 Å². The lowest BCUT2D eigenvalue weighted by molar-refractivity contribution is 0.0745. The van der Waals surface area contributed by atoms with E-state index in [4.69, 9.17) is 4.74 Å². The van der Waals surface area contributed by atoms with Gasteiger partial charge in [0, 0.05) is 32.7 Å². The van der Waals surface area contributed by atoms with Crippen LogP contribution < -0.4 is 0 Å². The van der Waals surface area contributed by atoms with Crippen LogP contribution in [-0.2, 0) is 24.3 Å². The van der Waals surface area contributed by atoms with E-state index in [0.29, 0.717) is 32.7 Å². The number of carbonyl (C=O) groups is 1. The van der Waals surface area contributed by atoms with Crippen LogP contribution in [0.4, 0.5) is 0 Å². The fraction of sp³-hybridized carbons (Fsp3) is 0.643. The van der Waals surface area contributed by atoms with Crippen molar-refractivity contribution in [1.82, 2.24) is 34.8 Å². The van der Waals surface area contributed by atoms with Crippen LogP contribution in [-0.4, -0.2) is 60.4 Å². The molecule has 1 N–H and O–H groups in total. The number of H-pyrrole nitrogens is 1. The van der Waals surface area contributed by atoms with E-state index in [1.807, 2.05) is 0 Å². The Kier molecular flexibility index (Phi) is 3.78. The Morgan fingerprint density at radius 1 is 1.30 bits per heavy atom. The predicted molar refractivity (Wildman–Crippen MR) is 78.4 cm³/mol. The molecular formula is C14H19N7O2. The van der Waals surface area contributed by atoms with Gasteiger partial charge in [0.15, 0.2) is 5.82 Å². The Labute approximate surface area is 133 Å². The van der Waals surface area contributed by atoms with E-state index in [1.54, 1.807) is 4.90 Å². The molecule has 1 amide bonds. The van der Waals surface area contributed by atoms with Gasteiger partial charge < -0.3 is 14.2 Å². The third-order valence-corrected chi connectivity index (χ3v) is 4.29. The van der Waals surface area contributed by atoms with E-state index in [0.717, 1.165) is 24.2 Å². The molecule has 1 fully saturated rings. The maximum Gasteiger partial charge on any atom is 0.291 e. The number of carbonyl (C=O) groups excluding carboxylic acids is 1. The second kappa shape index (κ2) is 6.07. The molecule has 2 aromatic heterocycles. The molecule has 3 heterocycles. The molecule has 2 aliphatic rings. The van der Waals surface area contributed by atoms with Crippen LogP contribution in [0.2, 0.25) is 0 Å². The number of nitrogens with one attached hydrogen (secondary N) is 1. The van der Waals surface area contributed by atoms with E-state index >= 15 is 0 Å². The number of hydrogen-bond donors (Lipinski definition) is 1. The number of aromatic amines is 1. The molecule has 122 valence electrons. The lowest BCUT2D eigenvalue weighted by atomic mass is 10.3. The van der Waals surface area contributed by atoms with Crippen molar-refractivity contribution in [3.63, 3.8) is 0 Å². The average molecular weight is 317 g/mol. The normalized spacial score (nSPS) is 17.8. The van der Waals surface area contributed by atoms with Gasteiger partial charge in [-0.1, -0.05) is 0 Å². The molecule has 1 aliphatic heterocycles. The minimum atomic E-state index is -0.132. The first kappa shape index (κ1) is 14.3. The lowest BCUT2D eigenvalue weighted by Gasteiger charge is -2.18. The fourth-order valence-corrected chi connectivity index (χ4v) is 2.75. The van der Waals surface area contributed by atoms with Crippen molar-refractivity contribution in [2.45, 2.75) is 32.4 Å². The topological polar surface area (TPSA) is 102 Å². The molecule has 23 heavy (non-hydrogen) atoms. The molecule has 0 radical (unpaired) electrons. The minimum absolute atomic E-state index is 0.132. The smallest absolute Gasteiger partial charge is 0.291 e. The van der Waals surface area contributed by atoms with Gasteiger partial charge in [-0.05, 0) is 18.8 Å². The zero-order chi connectivity index (χ0) is 15.6. The molecule has 1 saturated carbocycles. The molecule has 4 rings (SSSR count). The van der Waals surface area contributed by atoms with E-state index in [-0.39, 0.29) is 11.7 Å². The lowest BCUT2D eigenvalue weighted by Crippen LogP contribution is -2.34. The molecule has 0 unspecified atom stereocenters. The SMILES string of the molecule is O=C(c1ncn[nH]1)N1CCc2nnc(COCC3CC3)n2CC1. The Morgan fingerprint density at radius 2 is 2.22 bits per heavy atom. The van der Waals surface area contributed by atoms with Gasteiger partial charge in [-0.2, -0.15) is 5.10 Å². The van der Waals surface area contributed by atoms with Crippen molar-refractivity contribution in [3.05, 3.63) is 23.8 Å². The molecule has 2 aromatic rings. The molecule has 9 nitrogen and oxygen atoms in total. The van der Waals surface area contributed by atoms with Crippen molar-refractivity contribution in [1.29, 1.82) is 0 Å². The van der Waals surface area contributed by atoms with Crippen LogP contribution in [0.1, 0.15) is 35.1 Å². The number of aromatic nitrogens is 6. The number of hydrogen-bond acceptors (Lipinski definition) is 6. The van der Waals surface area contributed by atoms with Crippen LogP contribution >= 0.6 is 0 Å². The summed E-state index contributed by atoms with van der Waals surface area (Å²) in [6.07, 6.45) is 4.57. The quantitative estimate of drug-likeness (QED) is 0.834. The highest BCUT2D eigenvalue weighted by Crippen LogP contribution is 2.29. The largest absolute Gasteiger partial charge is 0.373 e. The third-order valence-electron chi connectivity index (χ3n) is 4.29. The van der Waals surface area contributed by atoms with Gasteiger partial charge in [0.05, 0.1) is 0 Å². The number of amides is 1. The van der Waals surface area contributed by atoms with E-state index in [2.05, 4.69) is 29.9 Å². The molecule has 9 heteroatoms. The van der Waals surface area contributed by atoms with Gasteiger partial charge in [0.25, 0.3) is 5.91 Å². The van der Waals surface area contributed by atoms with Crippen molar-refractivity contribution in [3.8, 4) is 0 Å². The maximum atomic E-state index is 12.3. The van der Waals surface area contributed by atoms with Gasteiger partial charge >= 0.3 is 0 Å². The summed E-state index contributed by atoms with van der Waals surface area (Å²) in [6, 6.07) is 0. The van der Waals surface area contributed by atoms with Gasteiger partial charge in [-0.3, -0.25) is 9.89 Å². The summed E-state index contributed by atoms with van der Waals surface area (Å²) in [5.74, 6) is 2.62. The van der Waals surface area contributed by atoms with Crippen LogP contribution in [0, 0.1) is 5.92 Å². The summed E-state index contributed by atoms with van der Waals surface area (Å²) in [7, 11) is 0. The second-order valence-corrected chi connectivity index (χ2v) is 6.02. The van der Waals surface area contributed by atoms with Gasteiger partial charge in [0.1, 0.15) is 18.8 Å². The maximum absolute atomic E-state index is 12.3. The fourth-order valence-electron chi connectivity index (χ4n) is 2.75. The first-order valence-corrected chi connectivity index (χ1v) is 7.94. The summed E-state index contributed by atoms with van der Waals surface area (Å²) in [5.41, 5.74) is 0. The molecular weight excluding hydrogens is 298 g/mol. The number of rotatable bonds is 5. The highest BCUT2D eigenvalue weighted by Gasteiger charge is 2.25. The van der Waals surface area contributed by atoms with E-state index < -0.39 is 0 Å². The molecule has 0 saturated heterocycles. The zero-order valence-electron chi connectivity index (χ0n) is 12.8. The Bertz CT molecular complexity index is 677. The Morgan fingerprint density at radius 3 is 3.00 bits per heavy atom. The highest BCUT2D eigenvalue weighted by molar-refractivity contribution is 5.90. The molecule has 0 atom stereocenters. The molecule has 0 spiro atoms. The summed E-state index contributed by atoms with van der Waals surface area (Å²) in [5, 5.41) is 14.8. The van der Waals surface area contributed by atoms with E-state index in [9.17, 15) is 4.79 Å². The Hall–Kier alpha value is -2.29. The van der Waals surface area contributed by atoms with Gasteiger partial charge in [0.2, 0.25) is 5.82 Å². The second-order valence-electron chi connectivity index (χ2n) is 6.02. The predicted octanol–water partition coefficient (Wildman–Crippen LogP) is 0.0213. The van der Waals surface area contributed by atoms with Crippen molar-refractivity contribution < 1.29 is 9.53 Å². The number of fused-ring (bicyclic) bond motifs is 1. The number of nitrogens with zero attached hydrogens (tertiary/aromatic N) is 6. The van der Waals surface area contributed by atoms with Crippen LogP contribution in [0.5, 0.6) is 0 Å². The van der Waals surface area contributed by atoms with Crippen LogP contribution in [0.15, 0.2) is 6.33 Å². The Balaban J connectivity index is 1.40. The summed E-state index contributed by atoms with van der Waals surface area (Å²) >= 11 is 0. The monoisotopic (exact) mass is 317 g/mol. The summed E-state index contributed by atoms with van der Waals surface area (Å²) in [4.78, 5) is 18.0. The first-order valence-electron chi connectivity index (χ1n) is 7.94. The summed E-state index contributed by atoms with van der Waals surface area (Å²) < 4.78 is 7.78. The van der Waals surface area contributed by atoms with Gasteiger partial charge in [-0.25, -0.2) is 4.98 Å². The molecule has 0 aromatic carbocycles. The summed E-state index contributed by atoms with van der Waals surface area (Å²) in [6.45, 7) is 3.16. The average Bonchev–Trinajstić information content (AvgIpc) is 3.13.